The van der Waals surface area contributed by atoms with E-state index >= 15 is 0 Å². The molecule has 0 atom stereocenters. The molecule has 2 aromatic rings. The number of carbonyl (C=O) groups is 1. The van der Waals surface area contributed by atoms with E-state index in [9.17, 15) is 18.0 Å². The van der Waals surface area contributed by atoms with E-state index in [1.165, 1.54) is 18.3 Å². The van der Waals surface area contributed by atoms with Gasteiger partial charge in [0.2, 0.25) is 0 Å². The van der Waals surface area contributed by atoms with Gasteiger partial charge in [-0.1, -0.05) is 30.3 Å². The Morgan fingerprint density at radius 1 is 1.16 bits per heavy atom. The summed E-state index contributed by atoms with van der Waals surface area (Å²) in [5, 5.41) is 1.85. The Bertz CT molecular complexity index is 587. The van der Waals surface area contributed by atoms with Crippen LogP contribution in [0.15, 0.2) is 48.8 Å². The van der Waals surface area contributed by atoms with Gasteiger partial charge in [-0.25, -0.2) is 4.39 Å². The first-order chi connectivity index (χ1) is 9.01. The maximum atomic E-state index is 13.8. The summed E-state index contributed by atoms with van der Waals surface area (Å²) >= 11 is 0. The fourth-order valence-electron chi connectivity index (χ4n) is 1.46. The van der Waals surface area contributed by atoms with Crippen LogP contribution in [0.25, 0.3) is 0 Å². The minimum Gasteiger partial charge on any atom is -0.318 e. The molecule has 0 spiro atoms. The van der Waals surface area contributed by atoms with Gasteiger partial charge in [0.25, 0.3) is 5.91 Å². The predicted octanol–water partition coefficient (Wildman–Crippen LogP) is 2.95. The Hall–Kier alpha value is -2.37. The number of pyridine rings is 1. The standard InChI is InChI=1S/C13H9F3N2O/c14-10-8-17-7-6-11(10)18-12(19)13(15,16)9-4-2-1-3-5-9/h1-8H,(H,17,18,19). The average Bonchev–Trinajstić information content (AvgIpc) is 2.42. The highest BCUT2D eigenvalue weighted by molar-refractivity contribution is 5.96. The molecule has 1 N–H and O–H groups in total. The number of hydrogen-bond donors (Lipinski definition) is 1. The molecule has 1 aromatic carbocycles. The van der Waals surface area contributed by atoms with Gasteiger partial charge in [0.15, 0.2) is 5.82 Å². The first kappa shape index (κ1) is 13.1. The van der Waals surface area contributed by atoms with Gasteiger partial charge in [0, 0.05) is 11.8 Å². The maximum Gasteiger partial charge on any atom is 0.350 e. The van der Waals surface area contributed by atoms with Crippen LogP contribution < -0.4 is 5.32 Å². The van der Waals surface area contributed by atoms with Gasteiger partial charge in [-0.2, -0.15) is 8.78 Å². The first-order valence-electron chi connectivity index (χ1n) is 5.36. The lowest BCUT2D eigenvalue weighted by Crippen LogP contribution is -2.32. The molecule has 1 amide bonds. The largest absolute Gasteiger partial charge is 0.350 e. The van der Waals surface area contributed by atoms with Crippen molar-refractivity contribution in [2.75, 3.05) is 5.32 Å². The van der Waals surface area contributed by atoms with Crippen LogP contribution in [0, 0.1) is 5.82 Å². The van der Waals surface area contributed by atoms with Gasteiger partial charge < -0.3 is 5.32 Å². The lowest BCUT2D eigenvalue weighted by Gasteiger charge is -2.16. The quantitative estimate of drug-likeness (QED) is 0.928. The Balaban J connectivity index is 2.23. The van der Waals surface area contributed by atoms with E-state index in [1.54, 1.807) is 6.07 Å². The molecule has 0 fully saturated rings. The lowest BCUT2D eigenvalue weighted by molar-refractivity contribution is -0.140. The van der Waals surface area contributed by atoms with Gasteiger partial charge in [-0.3, -0.25) is 9.78 Å². The van der Waals surface area contributed by atoms with E-state index in [0.717, 1.165) is 24.4 Å². The summed E-state index contributed by atoms with van der Waals surface area (Å²) < 4.78 is 40.9. The average molecular weight is 266 g/mol. The highest BCUT2D eigenvalue weighted by Gasteiger charge is 2.41. The fraction of sp³-hybridized carbons (Fsp3) is 0.0769. The van der Waals surface area contributed by atoms with E-state index in [0.29, 0.717) is 0 Å². The molecular formula is C13H9F3N2O. The molecule has 0 saturated carbocycles. The van der Waals surface area contributed by atoms with E-state index in [-0.39, 0.29) is 5.69 Å². The summed E-state index contributed by atoms with van der Waals surface area (Å²) in [6, 6.07) is 7.70. The zero-order chi connectivity index (χ0) is 13.9. The number of carbonyl (C=O) groups excluding carboxylic acids is 1. The van der Waals surface area contributed by atoms with Crippen LogP contribution in [-0.4, -0.2) is 10.9 Å². The molecule has 0 aliphatic carbocycles. The fourth-order valence-corrected chi connectivity index (χ4v) is 1.46. The van der Waals surface area contributed by atoms with Crippen LogP contribution in [-0.2, 0) is 10.7 Å². The molecule has 0 aliphatic rings. The number of rotatable bonds is 3. The molecule has 0 radical (unpaired) electrons. The number of aromatic nitrogens is 1. The van der Waals surface area contributed by atoms with Crippen molar-refractivity contribution in [3.05, 3.63) is 60.2 Å². The number of nitrogens with zero attached hydrogens (tertiary/aromatic N) is 1. The minimum absolute atomic E-state index is 0.337. The normalized spacial score (nSPS) is 11.1. The topological polar surface area (TPSA) is 42.0 Å². The monoisotopic (exact) mass is 266 g/mol. The summed E-state index contributed by atoms with van der Waals surface area (Å²) in [4.78, 5) is 15.0. The highest BCUT2D eigenvalue weighted by Crippen LogP contribution is 2.29. The van der Waals surface area contributed by atoms with Crippen molar-refractivity contribution in [3.8, 4) is 0 Å². The zero-order valence-electron chi connectivity index (χ0n) is 9.61. The van der Waals surface area contributed by atoms with E-state index in [1.807, 2.05) is 5.32 Å². The van der Waals surface area contributed by atoms with Gasteiger partial charge >= 0.3 is 5.92 Å². The van der Waals surface area contributed by atoms with Crippen LogP contribution in [0.4, 0.5) is 18.9 Å². The van der Waals surface area contributed by atoms with Crippen molar-refractivity contribution < 1.29 is 18.0 Å². The number of benzene rings is 1. The number of amides is 1. The van der Waals surface area contributed by atoms with Crippen LogP contribution in [0.2, 0.25) is 0 Å². The summed E-state index contributed by atoms with van der Waals surface area (Å²) in [7, 11) is 0. The van der Waals surface area contributed by atoms with E-state index < -0.39 is 23.2 Å². The first-order valence-corrected chi connectivity index (χ1v) is 5.36. The third kappa shape index (κ3) is 2.73. The molecular weight excluding hydrogens is 257 g/mol. The third-order valence-corrected chi connectivity index (χ3v) is 2.44. The Morgan fingerprint density at radius 3 is 2.47 bits per heavy atom. The number of hydrogen-bond acceptors (Lipinski definition) is 2. The molecule has 6 heteroatoms. The van der Waals surface area contributed by atoms with Crippen molar-refractivity contribution in [1.29, 1.82) is 0 Å². The highest BCUT2D eigenvalue weighted by atomic mass is 19.3. The molecule has 0 unspecified atom stereocenters. The van der Waals surface area contributed by atoms with Gasteiger partial charge in [-0.15, -0.1) is 0 Å². The Kier molecular flexibility index (Phi) is 3.50. The van der Waals surface area contributed by atoms with Crippen molar-refractivity contribution in [2.24, 2.45) is 0 Å². The number of alkyl halides is 2. The number of anilines is 1. The molecule has 1 heterocycles. The molecule has 98 valence electrons. The summed E-state index contributed by atoms with van der Waals surface area (Å²) in [5.41, 5.74) is -0.794. The minimum atomic E-state index is -3.74. The van der Waals surface area contributed by atoms with Gasteiger partial charge in [0.05, 0.1) is 11.9 Å². The summed E-state index contributed by atoms with van der Waals surface area (Å²) in [6.07, 6.45) is 2.02. The molecule has 0 bridgehead atoms. The molecule has 0 aliphatic heterocycles. The molecule has 2 rings (SSSR count). The van der Waals surface area contributed by atoms with Crippen LogP contribution in [0.1, 0.15) is 5.56 Å². The van der Waals surface area contributed by atoms with E-state index in [4.69, 9.17) is 0 Å². The van der Waals surface area contributed by atoms with Crippen molar-refractivity contribution in [2.45, 2.75) is 5.92 Å². The smallest absolute Gasteiger partial charge is 0.318 e. The predicted molar refractivity (Wildman–Crippen MR) is 63.2 cm³/mol. The van der Waals surface area contributed by atoms with Gasteiger partial charge in [-0.05, 0) is 6.07 Å². The molecule has 3 nitrogen and oxygen atoms in total. The molecule has 1 aromatic heterocycles. The Labute approximate surface area is 107 Å². The van der Waals surface area contributed by atoms with Gasteiger partial charge in [0.1, 0.15) is 0 Å². The second-order valence-corrected chi connectivity index (χ2v) is 3.75. The zero-order valence-corrected chi connectivity index (χ0v) is 9.61. The number of nitrogens with one attached hydrogen (secondary N) is 1. The lowest BCUT2D eigenvalue weighted by atomic mass is 10.1. The second-order valence-electron chi connectivity index (χ2n) is 3.75. The maximum absolute atomic E-state index is 13.8. The number of halogens is 3. The third-order valence-electron chi connectivity index (χ3n) is 2.44. The SMILES string of the molecule is O=C(Nc1ccncc1F)C(F)(F)c1ccccc1. The van der Waals surface area contributed by atoms with Crippen LogP contribution in [0.3, 0.4) is 0 Å². The van der Waals surface area contributed by atoms with Crippen molar-refractivity contribution in [3.63, 3.8) is 0 Å². The molecule has 19 heavy (non-hydrogen) atoms. The van der Waals surface area contributed by atoms with E-state index in [2.05, 4.69) is 4.98 Å². The summed E-state index contributed by atoms with van der Waals surface area (Å²) in [6.45, 7) is 0. The second kappa shape index (κ2) is 5.09. The molecule has 0 saturated heterocycles. The summed E-state index contributed by atoms with van der Waals surface area (Å²) in [5.74, 6) is -6.21. The van der Waals surface area contributed by atoms with Crippen molar-refractivity contribution >= 4 is 11.6 Å². The van der Waals surface area contributed by atoms with Crippen molar-refractivity contribution in [1.82, 2.24) is 4.98 Å². The van der Waals surface area contributed by atoms with Crippen LogP contribution in [0.5, 0.6) is 0 Å². The Morgan fingerprint density at radius 2 is 1.84 bits per heavy atom. The van der Waals surface area contributed by atoms with Crippen LogP contribution >= 0.6 is 0 Å².